The molecule has 0 aliphatic carbocycles. The number of hydrogen-bond acceptors (Lipinski definition) is 6. The van der Waals surface area contributed by atoms with E-state index in [9.17, 15) is 14.4 Å². The predicted molar refractivity (Wildman–Crippen MR) is 108 cm³/mol. The van der Waals surface area contributed by atoms with Gasteiger partial charge in [-0.2, -0.15) is 0 Å². The number of aromatic nitrogens is 2. The number of amides is 1. The molecule has 1 fully saturated rings. The summed E-state index contributed by atoms with van der Waals surface area (Å²) in [6, 6.07) is 7.11. The monoisotopic (exact) mass is 403 g/mol. The second-order valence-corrected chi connectivity index (χ2v) is 8.15. The fourth-order valence-electron chi connectivity index (χ4n) is 3.32. The Balaban J connectivity index is 1.90. The Labute approximate surface area is 168 Å². The van der Waals surface area contributed by atoms with Crippen LogP contribution in [0.25, 0.3) is 10.9 Å². The molecule has 7 nitrogen and oxygen atoms in total. The predicted octanol–water partition coefficient (Wildman–Crippen LogP) is 2.45. The largest absolute Gasteiger partial charge is 0.469 e. The number of rotatable bonds is 6. The van der Waals surface area contributed by atoms with Crippen molar-refractivity contribution in [2.75, 3.05) is 20.2 Å². The highest BCUT2D eigenvalue weighted by molar-refractivity contribution is 8.00. The number of ether oxygens (including phenoxy) is 1. The van der Waals surface area contributed by atoms with Gasteiger partial charge in [0.05, 0.1) is 29.7 Å². The van der Waals surface area contributed by atoms with Crippen LogP contribution in [0.2, 0.25) is 0 Å². The molecule has 8 heteroatoms. The van der Waals surface area contributed by atoms with Gasteiger partial charge in [0.25, 0.3) is 5.56 Å². The summed E-state index contributed by atoms with van der Waals surface area (Å²) in [5.74, 6) is -0.333. The maximum absolute atomic E-state index is 13.0. The minimum Gasteiger partial charge on any atom is -0.469 e. The van der Waals surface area contributed by atoms with E-state index in [-0.39, 0.29) is 29.7 Å². The van der Waals surface area contributed by atoms with Gasteiger partial charge < -0.3 is 9.64 Å². The molecule has 1 atom stereocenters. The maximum Gasteiger partial charge on any atom is 0.307 e. The van der Waals surface area contributed by atoms with Crippen LogP contribution in [0.15, 0.2) is 34.2 Å². The van der Waals surface area contributed by atoms with Crippen molar-refractivity contribution in [3.05, 3.63) is 34.6 Å². The molecule has 0 bridgehead atoms. The Kier molecular flexibility index (Phi) is 6.72. The Morgan fingerprint density at radius 3 is 2.64 bits per heavy atom. The van der Waals surface area contributed by atoms with E-state index in [1.165, 1.54) is 23.4 Å². The van der Waals surface area contributed by atoms with Crippen LogP contribution >= 0.6 is 11.8 Å². The van der Waals surface area contributed by atoms with Crippen molar-refractivity contribution in [1.29, 1.82) is 0 Å². The second kappa shape index (κ2) is 9.23. The highest BCUT2D eigenvalue weighted by atomic mass is 32.2. The van der Waals surface area contributed by atoms with E-state index in [1.807, 2.05) is 17.9 Å². The normalized spacial score (nSPS) is 15.4. The van der Waals surface area contributed by atoms with Gasteiger partial charge in [-0.05, 0) is 38.3 Å². The molecular weight excluding hydrogens is 378 g/mol. The number of nitrogens with zero attached hydrogens (tertiary/aromatic N) is 3. The van der Waals surface area contributed by atoms with Crippen LogP contribution in [0.5, 0.6) is 0 Å². The summed E-state index contributed by atoms with van der Waals surface area (Å²) in [5.41, 5.74) is 0.372. The number of thioether (sulfide) groups is 1. The van der Waals surface area contributed by atoms with E-state index in [1.54, 1.807) is 18.2 Å². The lowest BCUT2D eigenvalue weighted by atomic mass is 10.1. The molecule has 0 spiro atoms. The summed E-state index contributed by atoms with van der Waals surface area (Å²) >= 11 is 1.27. The van der Waals surface area contributed by atoms with Crippen LogP contribution in [0, 0.1) is 0 Å². The molecule has 1 aliphatic rings. The van der Waals surface area contributed by atoms with Gasteiger partial charge in [-0.1, -0.05) is 23.9 Å². The summed E-state index contributed by atoms with van der Waals surface area (Å²) in [7, 11) is 1.32. The molecule has 0 radical (unpaired) electrons. The number of para-hydroxylation sites is 1. The van der Waals surface area contributed by atoms with Crippen LogP contribution < -0.4 is 5.56 Å². The Bertz CT molecular complexity index is 921. The van der Waals surface area contributed by atoms with Gasteiger partial charge >= 0.3 is 5.97 Å². The minimum atomic E-state index is -0.395. The lowest BCUT2D eigenvalue weighted by Crippen LogP contribution is -2.40. The van der Waals surface area contributed by atoms with E-state index in [4.69, 9.17) is 4.74 Å². The van der Waals surface area contributed by atoms with Crippen LogP contribution in [0.3, 0.4) is 0 Å². The Hall–Kier alpha value is -2.35. The Morgan fingerprint density at radius 2 is 1.93 bits per heavy atom. The average Bonchev–Trinajstić information content (AvgIpc) is 2.73. The Morgan fingerprint density at radius 1 is 1.21 bits per heavy atom. The average molecular weight is 404 g/mol. The van der Waals surface area contributed by atoms with Gasteiger partial charge in [-0.15, -0.1) is 0 Å². The van der Waals surface area contributed by atoms with E-state index < -0.39 is 5.97 Å². The zero-order valence-electron chi connectivity index (χ0n) is 16.2. The summed E-state index contributed by atoms with van der Waals surface area (Å²) in [6.45, 7) is 3.57. The molecule has 0 saturated carbocycles. The van der Waals surface area contributed by atoms with Crippen molar-refractivity contribution in [2.24, 2.45) is 0 Å². The molecule has 3 rings (SSSR count). The van der Waals surface area contributed by atoms with Crippen molar-refractivity contribution in [2.45, 2.75) is 49.6 Å². The summed E-state index contributed by atoms with van der Waals surface area (Å²) in [6.07, 6.45) is 3.28. The molecule has 2 aromatic rings. The number of likely N-dealkylation sites (tertiary alicyclic amines) is 1. The number of carbonyl (C=O) groups excluding carboxylic acids is 2. The lowest BCUT2D eigenvalue weighted by molar-refractivity contribution is -0.141. The van der Waals surface area contributed by atoms with Gasteiger partial charge in [-0.3, -0.25) is 19.0 Å². The number of carbonyl (C=O) groups is 2. The first-order chi connectivity index (χ1) is 13.5. The molecule has 2 heterocycles. The van der Waals surface area contributed by atoms with Crippen molar-refractivity contribution in [3.8, 4) is 0 Å². The number of fused-ring (bicyclic) bond motifs is 1. The van der Waals surface area contributed by atoms with E-state index in [0.717, 1.165) is 32.4 Å². The molecule has 0 unspecified atom stereocenters. The van der Waals surface area contributed by atoms with Crippen LogP contribution in [-0.2, 0) is 20.9 Å². The van der Waals surface area contributed by atoms with Crippen LogP contribution in [0.1, 0.15) is 32.6 Å². The first-order valence-corrected chi connectivity index (χ1v) is 10.4. The van der Waals surface area contributed by atoms with Crippen LogP contribution in [0.4, 0.5) is 0 Å². The molecule has 1 aromatic heterocycles. The highest BCUT2D eigenvalue weighted by Crippen LogP contribution is 2.25. The van der Waals surface area contributed by atoms with Gasteiger partial charge in [0.15, 0.2) is 5.16 Å². The summed E-state index contributed by atoms with van der Waals surface area (Å²) in [4.78, 5) is 43.8. The molecule has 0 N–H and O–H groups in total. The SMILES string of the molecule is COC(=O)CCn1c(S[C@@H](C)C(=O)N2CCCCC2)nc2ccccc2c1=O. The molecular formula is C20H25N3O4S. The number of methoxy groups -OCH3 is 1. The van der Waals surface area contributed by atoms with Gasteiger partial charge in [-0.25, -0.2) is 4.98 Å². The topological polar surface area (TPSA) is 81.5 Å². The van der Waals surface area contributed by atoms with Crippen molar-refractivity contribution >= 4 is 34.5 Å². The first kappa shape index (κ1) is 20.4. The zero-order chi connectivity index (χ0) is 20.1. The smallest absolute Gasteiger partial charge is 0.307 e. The van der Waals surface area contributed by atoms with Crippen LogP contribution in [-0.4, -0.2) is 51.8 Å². The number of esters is 1. The number of piperidine rings is 1. The van der Waals surface area contributed by atoms with Gasteiger partial charge in [0.2, 0.25) is 5.91 Å². The molecule has 1 aromatic carbocycles. The maximum atomic E-state index is 13.0. The fraction of sp³-hybridized carbons (Fsp3) is 0.500. The third kappa shape index (κ3) is 4.55. The van der Waals surface area contributed by atoms with Gasteiger partial charge in [0, 0.05) is 19.6 Å². The third-order valence-electron chi connectivity index (χ3n) is 4.89. The van der Waals surface area contributed by atoms with Crippen molar-refractivity contribution in [1.82, 2.24) is 14.5 Å². The third-order valence-corrected chi connectivity index (χ3v) is 5.97. The van der Waals surface area contributed by atoms with Crippen molar-refractivity contribution in [3.63, 3.8) is 0 Å². The number of hydrogen-bond donors (Lipinski definition) is 0. The first-order valence-electron chi connectivity index (χ1n) is 9.53. The summed E-state index contributed by atoms with van der Waals surface area (Å²) in [5, 5.41) is 0.577. The molecule has 1 amide bonds. The summed E-state index contributed by atoms with van der Waals surface area (Å²) < 4.78 is 6.17. The number of benzene rings is 1. The minimum absolute atomic E-state index is 0.0617. The quantitative estimate of drug-likeness (QED) is 0.419. The molecule has 150 valence electrons. The molecule has 1 aliphatic heterocycles. The van der Waals surface area contributed by atoms with E-state index in [0.29, 0.717) is 16.1 Å². The zero-order valence-corrected chi connectivity index (χ0v) is 17.0. The van der Waals surface area contributed by atoms with Gasteiger partial charge in [0.1, 0.15) is 0 Å². The second-order valence-electron chi connectivity index (χ2n) is 6.84. The fourth-order valence-corrected chi connectivity index (χ4v) is 4.34. The van der Waals surface area contributed by atoms with E-state index in [2.05, 4.69) is 4.98 Å². The van der Waals surface area contributed by atoms with Crippen molar-refractivity contribution < 1.29 is 14.3 Å². The highest BCUT2D eigenvalue weighted by Gasteiger charge is 2.25. The molecule has 1 saturated heterocycles. The van der Waals surface area contributed by atoms with E-state index >= 15 is 0 Å². The lowest BCUT2D eigenvalue weighted by Gasteiger charge is -2.29. The molecule has 28 heavy (non-hydrogen) atoms. The standard InChI is InChI=1S/C20H25N3O4S/c1-14(18(25)22-11-6-3-7-12-22)28-20-21-16-9-5-4-8-15(16)19(26)23(20)13-10-17(24)27-2/h4-5,8-9,14H,3,6-7,10-13H2,1-2H3/t14-/m0/s1.